The van der Waals surface area contributed by atoms with E-state index in [-0.39, 0.29) is 18.2 Å². The molecule has 0 unspecified atom stereocenters. The van der Waals surface area contributed by atoms with E-state index in [1.807, 2.05) is 24.3 Å². The molecule has 2 rings (SSSR count). The summed E-state index contributed by atoms with van der Waals surface area (Å²) in [5.74, 6) is -0.216. The van der Waals surface area contributed by atoms with Crippen LogP contribution in [0.4, 0.5) is 0 Å². The predicted octanol–water partition coefficient (Wildman–Crippen LogP) is 3.23. The Kier molecular flexibility index (Phi) is 4.18. The maximum atomic E-state index is 10.9. The lowest BCUT2D eigenvalue weighted by Gasteiger charge is -2.29. The average Bonchev–Trinajstić information content (AvgIpc) is 2.29. The van der Waals surface area contributed by atoms with Gasteiger partial charge in [-0.15, -0.1) is 0 Å². The molecule has 0 aliphatic carbocycles. The van der Waals surface area contributed by atoms with E-state index in [9.17, 15) is 4.79 Å². The van der Waals surface area contributed by atoms with E-state index in [0.717, 1.165) is 22.9 Å². The summed E-state index contributed by atoms with van der Waals surface area (Å²) in [5, 5.41) is 0. The van der Waals surface area contributed by atoms with Crippen molar-refractivity contribution in [1.82, 2.24) is 0 Å². The van der Waals surface area contributed by atoms with Crippen LogP contribution < -0.4 is 0 Å². The van der Waals surface area contributed by atoms with Gasteiger partial charge in [0.15, 0.2) is 0 Å². The molecule has 4 heteroatoms. The Morgan fingerprint density at radius 2 is 2.12 bits per heavy atom. The lowest BCUT2D eigenvalue weighted by molar-refractivity contribution is -0.153. The average molecular weight is 299 g/mol. The Hall–Kier alpha value is -0.870. The summed E-state index contributed by atoms with van der Waals surface area (Å²) in [5.41, 5.74) is 1.13. The molecule has 1 aromatic carbocycles. The number of benzene rings is 1. The highest BCUT2D eigenvalue weighted by molar-refractivity contribution is 9.10. The summed E-state index contributed by atoms with van der Waals surface area (Å²) in [6, 6.07) is 8.05. The zero-order valence-electron chi connectivity index (χ0n) is 9.69. The quantitative estimate of drug-likeness (QED) is 0.787. The molecule has 0 N–H and O–H groups in total. The SMILES string of the molecule is CC(=O)O[C@@H]1CCO[C@H](c2ccc(Br)cc2)C1. The van der Waals surface area contributed by atoms with Crippen LogP contribution >= 0.6 is 15.9 Å². The van der Waals surface area contributed by atoms with Gasteiger partial charge in [-0.2, -0.15) is 0 Å². The summed E-state index contributed by atoms with van der Waals surface area (Å²) in [4.78, 5) is 10.9. The largest absolute Gasteiger partial charge is 0.462 e. The zero-order chi connectivity index (χ0) is 12.3. The first kappa shape index (κ1) is 12.6. The molecule has 92 valence electrons. The molecule has 0 saturated carbocycles. The molecule has 17 heavy (non-hydrogen) atoms. The van der Waals surface area contributed by atoms with Crippen LogP contribution in [-0.4, -0.2) is 18.7 Å². The van der Waals surface area contributed by atoms with Gasteiger partial charge in [-0.1, -0.05) is 28.1 Å². The van der Waals surface area contributed by atoms with Gasteiger partial charge in [-0.05, 0) is 17.7 Å². The second-order valence-corrected chi connectivity index (χ2v) is 5.08. The van der Waals surface area contributed by atoms with Crippen LogP contribution in [0.2, 0.25) is 0 Å². The van der Waals surface area contributed by atoms with E-state index < -0.39 is 0 Å². The Bertz CT molecular complexity index is 388. The highest BCUT2D eigenvalue weighted by Crippen LogP contribution is 2.30. The second kappa shape index (κ2) is 5.65. The van der Waals surface area contributed by atoms with Crippen LogP contribution in [0, 0.1) is 0 Å². The van der Waals surface area contributed by atoms with E-state index in [0.29, 0.717) is 6.61 Å². The summed E-state index contributed by atoms with van der Waals surface area (Å²) in [6.07, 6.45) is 1.53. The van der Waals surface area contributed by atoms with Crippen LogP contribution in [0.3, 0.4) is 0 Å². The molecule has 0 radical (unpaired) electrons. The highest BCUT2D eigenvalue weighted by atomic mass is 79.9. The fourth-order valence-corrected chi connectivity index (χ4v) is 2.28. The third-order valence-electron chi connectivity index (χ3n) is 2.81. The van der Waals surface area contributed by atoms with Crippen LogP contribution in [0.15, 0.2) is 28.7 Å². The number of esters is 1. The van der Waals surface area contributed by atoms with Crippen molar-refractivity contribution in [3.63, 3.8) is 0 Å². The molecular formula is C13H15BrO3. The minimum Gasteiger partial charge on any atom is -0.462 e. The predicted molar refractivity (Wildman–Crippen MR) is 67.6 cm³/mol. The molecule has 0 amide bonds. The van der Waals surface area contributed by atoms with Gasteiger partial charge in [0.1, 0.15) is 6.10 Å². The fraction of sp³-hybridized carbons (Fsp3) is 0.462. The summed E-state index contributed by atoms with van der Waals surface area (Å²) < 4.78 is 12.0. The maximum absolute atomic E-state index is 10.9. The van der Waals surface area contributed by atoms with Gasteiger partial charge in [0.25, 0.3) is 0 Å². The smallest absolute Gasteiger partial charge is 0.302 e. The molecule has 1 saturated heterocycles. The third kappa shape index (κ3) is 3.54. The van der Waals surface area contributed by atoms with E-state index in [1.54, 1.807) is 0 Å². The number of ether oxygens (including phenoxy) is 2. The van der Waals surface area contributed by atoms with Crippen molar-refractivity contribution < 1.29 is 14.3 Å². The molecule has 0 spiro atoms. The first-order valence-electron chi connectivity index (χ1n) is 5.69. The molecule has 3 nitrogen and oxygen atoms in total. The molecular weight excluding hydrogens is 284 g/mol. The number of halogens is 1. The number of hydrogen-bond acceptors (Lipinski definition) is 3. The van der Waals surface area contributed by atoms with Crippen LogP contribution in [0.25, 0.3) is 0 Å². The number of carbonyl (C=O) groups excluding carboxylic acids is 1. The summed E-state index contributed by atoms with van der Waals surface area (Å²) in [7, 11) is 0. The van der Waals surface area contributed by atoms with Crippen molar-refractivity contribution in [3.05, 3.63) is 34.3 Å². The standard InChI is InChI=1S/C13H15BrO3/c1-9(15)17-12-6-7-16-13(8-12)10-2-4-11(14)5-3-10/h2-5,12-13H,6-8H2,1H3/t12-,13+/m1/s1. The first-order chi connectivity index (χ1) is 8.15. The summed E-state index contributed by atoms with van der Waals surface area (Å²) in [6.45, 7) is 2.09. The molecule has 1 aliphatic heterocycles. The van der Waals surface area contributed by atoms with Gasteiger partial charge in [0.05, 0.1) is 12.7 Å². The monoisotopic (exact) mass is 298 g/mol. The van der Waals surface area contributed by atoms with Crippen molar-refractivity contribution >= 4 is 21.9 Å². The topological polar surface area (TPSA) is 35.5 Å². The van der Waals surface area contributed by atoms with Crippen molar-refractivity contribution in [3.8, 4) is 0 Å². The van der Waals surface area contributed by atoms with Gasteiger partial charge >= 0.3 is 5.97 Å². The molecule has 1 aliphatic rings. The molecule has 0 bridgehead atoms. The van der Waals surface area contributed by atoms with E-state index in [2.05, 4.69) is 15.9 Å². The molecule has 2 atom stereocenters. The van der Waals surface area contributed by atoms with Crippen LogP contribution in [0.5, 0.6) is 0 Å². The number of carbonyl (C=O) groups is 1. The van der Waals surface area contributed by atoms with E-state index in [4.69, 9.17) is 9.47 Å². The molecule has 1 aromatic rings. The Morgan fingerprint density at radius 3 is 2.76 bits per heavy atom. The number of rotatable bonds is 2. The fourth-order valence-electron chi connectivity index (χ4n) is 2.02. The lowest BCUT2D eigenvalue weighted by atomic mass is 9.99. The Labute approximate surface area is 109 Å². The first-order valence-corrected chi connectivity index (χ1v) is 6.49. The Balaban J connectivity index is 2.01. The highest BCUT2D eigenvalue weighted by Gasteiger charge is 2.25. The molecule has 0 aromatic heterocycles. The minimum atomic E-state index is -0.216. The van der Waals surface area contributed by atoms with Crippen molar-refractivity contribution in [2.75, 3.05) is 6.61 Å². The lowest BCUT2D eigenvalue weighted by Crippen LogP contribution is -2.27. The normalized spacial score (nSPS) is 24.4. The van der Waals surface area contributed by atoms with Gasteiger partial charge in [-0.3, -0.25) is 4.79 Å². The summed E-state index contributed by atoms with van der Waals surface area (Å²) >= 11 is 3.40. The van der Waals surface area contributed by atoms with Gasteiger partial charge in [0.2, 0.25) is 0 Å². The molecule has 1 heterocycles. The van der Waals surface area contributed by atoms with E-state index in [1.165, 1.54) is 6.92 Å². The van der Waals surface area contributed by atoms with Crippen molar-refractivity contribution in [2.24, 2.45) is 0 Å². The van der Waals surface area contributed by atoms with Crippen molar-refractivity contribution in [2.45, 2.75) is 32.0 Å². The third-order valence-corrected chi connectivity index (χ3v) is 3.34. The number of hydrogen-bond donors (Lipinski definition) is 0. The minimum absolute atomic E-state index is 0.0186. The Morgan fingerprint density at radius 1 is 1.41 bits per heavy atom. The van der Waals surface area contributed by atoms with Gasteiger partial charge in [0, 0.05) is 24.2 Å². The van der Waals surface area contributed by atoms with E-state index >= 15 is 0 Å². The van der Waals surface area contributed by atoms with Crippen molar-refractivity contribution in [1.29, 1.82) is 0 Å². The molecule has 1 fully saturated rings. The van der Waals surface area contributed by atoms with Crippen LogP contribution in [0.1, 0.15) is 31.4 Å². The maximum Gasteiger partial charge on any atom is 0.302 e. The zero-order valence-corrected chi connectivity index (χ0v) is 11.3. The van der Waals surface area contributed by atoms with Gasteiger partial charge < -0.3 is 9.47 Å². The van der Waals surface area contributed by atoms with Gasteiger partial charge in [-0.25, -0.2) is 0 Å². The second-order valence-electron chi connectivity index (χ2n) is 4.17. The van der Waals surface area contributed by atoms with Crippen LogP contribution in [-0.2, 0) is 14.3 Å².